The number of nitrogens with zero attached hydrogens (tertiary/aromatic N) is 2. The number of nitrogens with one attached hydrogen (secondary N) is 1. The highest BCUT2D eigenvalue weighted by atomic mass is 35.5. The molecule has 0 unspecified atom stereocenters. The van der Waals surface area contributed by atoms with Crippen molar-refractivity contribution in [1.29, 1.82) is 0 Å². The van der Waals surface area contributed by atoms with Crippen molar-refractivity contribution in [2.75, 3.05) is 25.0 Å². The van der Waals surface area contributed by atoms with Gasteiger partial charge in [0.25, 0.3) is 0 Å². The molecule has 1 fully saturated rings. The molecule has 0 aromatic carbocycles. The number of carbonyl (C=O) groups excluding carboxylic acids is 1. The van der Waals surface area contributed by atoms with Crippen molar-refractivity contribution in [3.63, 3.8) is 0 Å². The van der Waals surface area contributed by atoms with Crippen LogP contribution in [0.3, 0.4) is 0 Å². The number of amides is 1. The minimum atomic E-state index is -0.0287. The first-order valence-corrected chi connectivity index (χ1v) is 6.65. The normalized spacial score (nSPS) is 20.7. The summed E-state index contributed by atoms with van der Waals surface area (Å²) in [4.78, 5) is 18.0. The van der Waals surface area contributed by atoms with Crippen LogP contribution in [0.1, 0.15) is 19.8 Å². The molecule has 0 aliphatic carbocycles. The summed E-state index contributed by atoms with van der Waals surface area (Å²) in [5.41, 5.74) is 0.578. The molecular formula is C13H18ClN3O. The Bertz CT molecular complexity index is 424. The number of aromatic nitrogens is 1. The van der Waals surface area contributed by atoms with Crippen LogP contribution < -0.4 is 5.32 Å². The van der Waals surface area contributed by atoms with Crippen LogP contribution in [0, 0.1) is 5.92 Å². The van der Waals surface area contributed by atoms with Gasteiger partial charge in [-0.05, 0) is 37.4 Å². The molecule has 18 heavy (non-hydrogen) atoms. The number of rotatable bonds is 3. The molecule has 98 valence electrons. The number of likely N-dealkylation sites (tertiary alicyclic amines) is 1. The quantitative estimate of drug-likeness (QED) is 0.856. The van der Waals surface area contributed by atoms with Crippen LogP contribution in [0.5, 0.6) is 0 Å². The van der Waals surface area contributed by atoms with Gasteiger partial charge in [0, 0.05) is 12.7 Å². The molecule has 2 rings (SSSR count). The number of hydrogen-bond acceptors (Lipinski definition) is 3. The highest BCUT2D eigenvalue weighted by molar-refractivity contribution is 6.32. The maximum atomic E-state index is 11.9. The van der Waals surface area contributed by atoms with Gasteiger partial charge in [0.1, 0.15) is 0 Å². The molecule has 1 atom stereocenters. The van der Waals surface area contributed by atoms with Gasteiger partial charge in [-0.1, -0.05) is 18.5 Å². The second-order valence-electron chi connectivity index (χ2n) is 4.87. The minimum Gasteiger partial charge on any atom is -0.322 e. The second kappa shape index (κ2) is 6.16. The summed E-state index contributed by atoms with van der Waals surface area (Å²) in [6.45, 7) is 4.64. The van der Waals surface area contributed by atoms with Gasteiger partial charge in [0.2, 0.25) is 5.91 Å². The van der Waals surface area contributed by atoms with Gasteiger partial charge in [-0.2, -0.15) is 0 Å². The Hall–Kier alpha value is -1.13. The van der Waals surface area contributed by atoms with Crippen LogP contribution in [0.2, 0.25) is 5.15 Å². The van der Waals surface area contributed by atoms with Gasteiger partial charge in [0.05, 0.1) is 12.2 Å². The first kappa shape index (κ1) is 13.3. The van der Waals surface area contributed by atoms with Gasteiger partial charge in [-0.15, -0.1) is 0 Å². The summed E-state index contributed by atoms with van der Waals surface area (Å²) in [5.74, 6) is 0.646. The van der Waals surface area contributed by atoms with Gasteiger partial charge in [0.15, 0.2) is 5.15 Å². The molecule has 4 nitrogen and oxygen atoms in total. The lowest BCUT2D eigenvalue weighted by atomic mass is 10.0. The van der Waals surface area contributed by atoms with E-state index in [4.69, 9.17) is 11.6 Å². The van der Waals surface area contributed by atoms with E-state index in [-0.39, 0.29) is 5.91 Å². The van der Waals surface area contributed by atoms with Crippen molar-refractivity contribution in [2.45, 2.75) is 19.8 Å². The molecule has 1 aromatic heterocycles. The van der Waals surface area contributed by atoms with Crippen molar-refractivity contribution in [3.05, 3.63) is 23.5 Å². The molecule has 1 N–H and O–H groups in total. The maximum absolute atomic E-state index is 11.9. The zero-order valence-electron chi connectivity index (χ0n) is 10.5. The van der Waals surface area contributed by atoms with E-state index in [2.05, 4.69) is 22.1 Å². The van der Waals surface area contributed by atoms with Crippen LogP contribution in [0.15, 0.2) is 18.3 Å². The average Bonchev–Trinajstić information content (AvgIpc) is 2.32. The molecule has 1 aliphatic rings. The smallest absolute Gasteiger partial charge is 0.238 e. The zero-order chi connectivity index (χ0) is 13.0. The van der Waals surface area contributed by atoms with Crippen LogP contribution in [-0.2, 0) is 4.79 Å². The molecule has 2 heterocycles. The summed E-state index contributed by atoms with van der Waals surface area (Å²) < 4.78 is 0. The highest BCUT2D eigenvalue weighted by Crippen LogP contribution is 2.18. The fourth-order valence-corrected chi connectivity index (χ4v) is 2.47. The van der Waals surface area contributed by atoms with Crippen LogP contribution in [0.25, 0.3) is 0 Å². The van der Waals surface area contributed by atoms with Crippen LogP contribution in [0.4, 0.5) is 5.69 Å². The Morgan fingerprint density at radius 1 is 1.67 bits per heavy atom. The molecule has 1 amide bonds. The van der Waals surface area contributed by atoms with Gasteiger partial charge < -0.3 is 5.32 Å². The number of pyridine rings is 1. The monoisotopic (exact) mass is 267 g/mol. The Morgan fingerprint density at radius 2 is 2.50 bits per heavy atom. The molecule has 5 heteroatoms. The summed E-state index contributed by atoms with van der Waals surface area (Å²) >= 11 is 5.89. The van der Waals surface area contributed by atoms with E-state index in [1.165, 1.54) is 12.8 Å². The molecule has 1 aromatic rings. The van der Waals surface area contributed by atoms with Crippen molar-refractivity contribution < 1.29 is 4.79 Å². The van der Waals surface area contributed by atoms with E-state index in [0.29, 0.717) is 23.3 Å². The fourth-order valence-electron chi connectivity index (χ4n) is 2.30. The summed E-state index contributed by atoms with van der Waals surface area (Å²) in [6.07, 6.45) is 4.03. The van der Waals surface area contributed by atoms with Crippen LogP contribution >= 0.6 is 11.6 Å². The van der Waals surface area contributed by atoms with Gasteiger partial charge >= 0.3 is 0 Å². The topological polar surface area (TPSA) is 45.2 Å². The number of piperidine rings is 1. The lowest BCUT2D eigenvalue weighted by molar-refractivity contribution is -0.117. The third-order valence-corrected chi connectivity index (χ3v) is 3.44. The molecule has 0 radical (unpaired) electrons. The lowest BCUT2D eigenvalue weighted by Gasteiger charge is -2.30. The van der Waals surface area contributed by atoms with Gasteiger partial charge in [-0.25, -0.2) is 4.98 Å². The molecule has 1 saturated heterocycles. The predicted molar refractivity (Wildman–Crippen MR) is 72.7 cm³/mol. The Balaban J connectivity index is 1.87. The van der Waals surface area contributed by atoms with E-state index >= 15 is 0 Å². The molecule has 0 spiro atoms. The zero-order valence-corrected chi connectivity index (χ0v) is 11.3. The van der Waals surface area contributed by atoms with E-state index < -0.39 is 0 Å². The van der Waals surface area contributed by atoms with E-state index in [1.54, 1.807) is 18.3 Å². The first-order valence-electron chi connectivity index (χ1n) is 6.28. The lowest BCUT2D eigenvalue weighted by Crippen LogP contribution is -2.39. The van der Waals surface area contributed by atoms with Gasteiger partial charge in [-0.3, -0.25) is 9.69 Å². The van der Waals surface area contributed by atoms with E-state index in [9.17, 15) is 4.79 Å². The fraction of sp³-hybridized carbons (Fsp3) is 0.538. The largest absolute Gasteiger partial charge is 0.322 e. The minimum absolute atomic E-state index is 0.0287. The first-order chi connectivity index (χ1) is 8.65. The average molecular weight is 268 g/mol. The number of anilines is 1. The second-order valence-corrected chi connectivity index (χ2v) is 5.23. The van der Waals surface area contributed by atoms with Crippen molar-refractivity contribution in [2.24, 2.45) is 5.92 Å². The van der Waals surface area contributed by atoms with Crippen LogP contribution in [-0.4, -0.2) is 35.4 Å². The SMILES string of the molecule is C[C@H]1CCCN(CC(=O)Nc2cccnc2Cl)C1. The Labute approximate surface area is 112 Å². The molecule has 0 bridgehead atoms. The summed E-state index contributed by atoms with van der Waals surface area (Å²) in [7, 11) is 0. The van der Waals surface area contributed by atoms with Crippen molar-refractivity contribution in [1.82, 2.24) is 9.88 Å². The predicted octanol–water partition coefficient (Wildman–Crippen LogP) is 2.41. The number of carbonyl (C=O) groups is 1. The Morgan fingerprint density at radius 3 is 3.22 bits per heavy atom. The highest BCUT2D eigenvalue weighted by Gasteiger charge is 2.18. The molecule has 1 aliphatic heterocycles. The van der Waals surface area contributed by atoms with E-state index in [0.717, 1.165) is 13.1 Å². The van der Waals surface area contributed by atoms with Crippen molar-refractivity contribution >= 4 is 23.2 Å². The standard InChI is InChI=1S/C13H18ClN3O/c1-10-4-3-7-17(8-10)9-12(18)16-11-5-2-6-15-13(11)14/h2,5-6,10H,3-4,7-9H2,1H3,(H,16,18)/t10-/m0/s1. The summed E-state index contributed by atoms with van der Waals surface area (Å²) in [6, 6.07) is 3.51. The van der Waals surface area contributed by atoms with Crippen molar-refractivity contribution in [3.8, 4) is 0 Å². The van der Waals surface area contributed by atoms with E-state index in [1.807, 2.05) is 0 Å². The number of halogens is 1. The molecule has 0 saturated carbocycles. The number of hydrogen-bond donors (Lipinski definition) is 1. The Kier molecular flexibility index (Phi) is 4.55. The third kappa shape index (κ3) is 3.68. The maximum Gasteiger partial charge on any atom is 0.238 e. The molecular weight excluding hydrogens is 250 g/mol. The summed E-state index contributed by atoms with van der Waals surface area (Å²) in [5, 5.41) is 3.13. The third-order valence-electron chi connectivity index (χ3n) is 3.14.